The van der Waals surface area contributed by atoms with E-state index in [9.17, 15) is 4.79 Å². The van der Waals surface area contributed by atoms with Gasteiger partial charge in [-0.25, -0.2) is 4.98 Å². The molecular weight excluding hydrogens is 399 g/mol. The number of allylic oxidation sites excluding steroid dienone is 4. The van der Waals surface area contributed by atoms with Crippen molar-refractivity contribution < 1.29 is 4.74 Å². The Kier molecular flexibility index (Phi) is 5.33. The smallest absolute Gasteiger partial charge is 0.256 e. The molecular formula is C20H26Cl2N4O2. The van der Waals surface area contributed by atoms with E-state index in [-0.39, 0.29) is 29.2 Å². The van der Waals surface area contributed by atoms with E-state index in [1.165, 1.54) is 0 Å². The molecule has 0 saturated carbocycles. The minimum Gasteiger partial charge on any atom is -0.376 e. The molecule has 4 rings (SSSR count). The second kappa shape index (κ2) is 7.48. The zero-order valence-corrected chi connectivity index (χ0v) is 17.7. The van der Waals surface area contributed by atoms with Gasteiger partial charge in [-0.05, 0) is 32.8 Å². The van der Waals surface area contributed by atoms with Gasteiger partial charge in [0.05, 0.1) is 24.1 Å². The molecule has 2 aliphatic heterocycles. The van der Waals surface area contributed by atoms with Gasteiger partial charge < -0.3 is 15.4 Å². The van der Waals surface area contributed by atoms with Crippen molar-refractivity contribution in [3.8, 4) is 0 Å². The van der Waals surface area contributed by atoms with Crippen LogP contribution in [0.5, 0.6) is 0 Å². The molecule has 3 aliphatic rings. The summed E-state index contributed by atoms with van der Waals surface area (Å²) in [5.74, 6) is 1.34. The van der Waals surface area contributed by atoms with E-state index in [0.717, 1.165) is 32.5 Å². The van der Waals surface area contributed by atoms with Crippen molar-refractivity contribution in [1.82, 2.24) is 9.55 Å². The Labute approximate surface area is 175 Å². The highest BCUT2D eigenvalue weighted by atomic mass is 35.5. The van der Waals surface area contributed by atoms with Crippen molar-refractivity contribution in [3.63, 3.8) is 0 Å². The van der Waals surface area contributed by atoms with Crippen LogP contribution >= 0.6 is 23.2 Å². The fourth-order valence-electron chi connectivity index (χ4n) is 4.60. The summed E-state index contributed by atoms with van der Waals surface area (Å²) in [6, 6.07) is 1.32. The van der Waals surface area contributed by atoms with Crippen molar-refractivity contribution in [1.29, 1.82) is 0 Å². The van der Waals surface area contributed by atoms with E-state index in [1.54, 1.807) is 16.7 Å². The highest BCUT2D eigenvalue weighted by molar-refractivity contribution is 6.37. The van der Waals surface area contributed by atoms with Gasteiger partial charge in [0, 0.05) is 35.6 Å². The number of aryl methyl sites for hydroxylation is 1. The highest BCUT2D eigenvalue weighted by Gasteiger charge is 2.47. The number of hydrogen-bond donors (Lipinski definition) is 1. The molecule has 2 unspecified atom stereocenters. The number of piperidine rings is 1. The van der Waals surface area contributed by atoms with Gasteiger partial charge in [0.1, 0.15) is 11.6 Å². The molecule has 0 radical (unpaired) electrons. The molecule has 152 valence electrons. The third kappa shape index (κ3) is 3.30. The third-order valence-corrected chi connectivity index (χ3v) is 7.44. The largest absolute Gasteiger partial charge is 0.376 e. The van der Waals surface area contributed by atoms with Crippen LogP contribution in [-0.4, -0.2) is 46.8 Å². The van der Waals surface area contributed by atoms with Crippen LogP contribution in [0.15, 0.2) is 34.1 Å². The van der Waals surface area contributed by atoms with Gasteiger partial charge in [0.15, 0.2) is 0 Å². The first-order chi connectivity index (χ1) is 13.3. The second-order valence-electron chi connectivity index (χ2n) is 8.09. The summed E-state index contributed by atoms with van der Waals surface area (Å²) < 4.78 is 7.40. The van der Waals surface area contributed by atoms with Crippen molar-refractivity contribution in [2.75, 3.05) is 24.6 Å². The summed E-state index contributed by atoms with van der Waals surface area (Å²) >= 11 is 12.6. The van der Waals surface area contributed by atoms with Gasteiger partial charge in [0.2, 0.25) is 0 Å². The average molecular weight is 425 g/mol. The summed E-state index contributed by atoms with van der Waals surface area (Å²) in [6.45, 7) is 6.23. The molecule has 6 nitrogen and oxygen atoms in total. The molecule has 1 aromatic rings. The molecule has 2 saturated heterocycles. The fourth-order valence-corrected chi connectivity index (χ4v) is 5.07. The van der Waals surface area contributed by atoms with Crippen LogP contribution in [0.25, 0.3) is 0 Å². The Hall–Kier alpha value is -1.34. The standard InChI is InChI=1S/C20H26Cl2N4O2/c1-12-19(23)20(11-28-12)6-8-25(9-7-20)16-10-17(27)26(13(2)24-16)15-5-3-4-14(21)18(15)22/h3-5,10,12,15,18-19H,6-9,11,23H2,1-2H3/t12-,15?,18?,19+/m0/s1. The van der Waals surface area contributed by atoms with Crippen molar-refractivity contribution in [3.05, 3.63) is 45.5 Å². The SMILES string of the molecule is Cc1nc(N2CCC3(CC2)CO[C@@H](C)[C@H]3N)cc(=O)n1C1C=CC=C(Cl)C1Cl. The Morgan fingerprint density at radius 1 is 1.36 bits per heavy atom. The van der Waals surface area contributed by atoms with Crippen LogP contribution in [0.1, 0.15) is 31.6 Å². The van der Waals surface area contributed by atoms with Crippen LogP contribution in [0.3, 0.4) is 0 Å². The quantitative estimate of drug-likeness (QED) is 0.738. The van der Waals surface area contributed by atoms with Crippen molar-refractivity contribution in [2.24, 2.45) is 11.1 Å². The first-order valence-electron chi connectivity index (χ1n) is 9.73. The van der Waals surface area contributed by atoms with E-state index >= 15 is 0 Å². The molecule has 0 amide bonds. The molecule has 2 fully saturated rings. The number of aromatic nitrogens is 2. The van der Waals surface area contributed by atoms with E-state index in [2.05, 4.69) is 4.90 Å². The number of anilines is 1. The molecule has 4 atom stereocenters. The molecule has 1 spiro atoms. The predicted octanol–water partition coefficient (Wildman–Crippen LogP) is 2.73. The Morgan fingerprint density at radius 3 is 2.68 bits per heavy atom. The minimum absolute atomic E-state index is 0.0434. The van der Waals surface area contributed by atoms with Crippen molar-refractivity contribution >= 4 is 29.0 Å². The maximum atomic E-state index is 12.9. The summed E-state index contributed by atoms with van der Waals surface area (Å²) in [5, 5.41) is 0.0478. The third-order valence-electron chi connectivity index (χ3n) is 6.47. The van der Waals surface area contributed by atoms with E-state index < -0.39 is 5.38 Å². The van der Waals surface area contributed by atoms with Crippen LogP contribution in [0.2, 0.25) is 0 Å². The topological polar surface area (TPSA) is 73.4 Å². The zero-order valence-electron chi connectivity index (χ0n) is 16.1. The number of ether oxygens (including phenoxy) is 1. The number of hydrogen-bond acceptors (Lipinski definition) is 5. The molecule has 1 aliphatic carbocycles. The van der Waals surface area contributed by atoms with Crippen LogP contribution in [-0.2, 0) is 4.74 Å². The molecule has 3 heterocycles. The van der Waals surface area contributed by atoms with E-state index in [1.807, 2.05) is 26.0 Å². The van der Waals surface area contributed by atoms with Gasteiger partial charge in [0.25, 0.3) is 5.56 Å². The Bertz CT molecular complexity index is 873. The van der Waals surface area contributed by atoms with Gasteiger partial charge in [-0.15, -0.1) is 11.6 Å². The number of rotatable bonds is 2. The summed E-state index contributed by atoms with van der Waals surface area (Å²) in [6.07, 6.45) is 7.44. The molecule has 0 aromatic carbocycles. The number of alkyl halides is 1. The average Bonchev–Trinajstić information content (AvgIpc) is 2.94. The summed E-state index contributed by atoms with van der Waals surface area (Å²) in [5.41, 5.74) is 6.32. The molecule has 0 bridgehead atoms. The molecule has 1 aromatic heterocycles. The Balaban J connectivity index is 1.54. The predicted molar refractivity (Wildman–Crippen MR) is 112 cm³/mol. The fraction of sp³-hybridized carbons (Fsp3) is 0.600. The summed E-state index contributed by atoms with van der Waals surface area (Å²) in [7, 11) is 0. The Morgan fingerprint density at radius 2 is 2.07 bits per heavy atom. The van der Waals surface area contributed by atoms with Crippen LogP contribution in [0.4, 0.5) is 5.82 Å². The van der Waals surface area contributed by atoms with Gasteiger partial charge in [-0.3, -0.25) is 9.36 Å². The lowest BCUT2D eigenvalue weighted by molar-refractivity contribution is 0.0974. The second-order valence-corrected chi connectivity index (χ2v) is 9.00. The van der Waals surface area contributed by atoms with Crippen molar-refractivity contribution in [2.45, 2.75) is 50.3 Å². The monoisotopic (exact) mass is 424 g/mol. The van der Waals surface area contributed by atoms with Gasteiger partial charge in [-0.2, -0.15) is 0 Å². The maximum absolute atomic E-state index is 12.9. The highest BCUT2D eigenvalue weighted by Crippen LogP contribution is 2.41. The number of nitrogens with zero attached hydrogens (tertiary/aromatic N) is 3. The molecule has 28 heavy (non-hydrogen) atoms. The van der Waals surface area contributed by atoms with Gasteiger partial charge >= 0.3 is 0 Å². The van der Waals surface area contributed by atoms with E-state index in [4.69, 9.17) is 38.7 Å². The maximum Gasteiger partial charge on any atom is 0.256 e. The zero-order chi connectivity index (χ0) is 20.1. The normalized spacial score (nSPS) is 32.0. The first-order valence-corrected chi connectivity index (χ1v) is 10.5. The first kappa shape index (κ1) is 20.0. The lowest BCUT2D eigenvalue weighted by Crippen LogP contribution is -2.51. The molecule has 2 N–H and O–H groups in total. The van der Waals surface area contributed by atoms with E-state index in [0.29, 0.717) is 16.7 Å². The van der Waals surface area contributed by atoms with Crippen LogP contribution < -0.4 is 16.2 Å². The minimum atomic E-state index is -0.476. The molecule has 8 heteroatoms. The van der Waals surface area contributed by atoms with Gasteiger partial charge in [-0.1, -0.05) is 23.8 Å². The lowest BCUT2D eigenvalue weighted by Gasteiger charge is -2.41. The lowest BCUT2D eigenvalue weighted by atomic mass is 9.73. The summed E-state index contributed by atoms with van der Waals surface area (Å²) in [4.78, 5) is 19.8. The van der Waals surface area contributed by atoms with Crippen LogP contribution in [0, 0.1) is 12.3 Å². The number of halogens is 2. The number of nitrogens with two attached hydrogens (primary N) is 1.